The highest BCUT2D eigenvalue weighted by atomic mass is 32.2. The van der Waals surface area contributed by atoms with Crippen molar-refractivity contribution in [1.29, 1.82) is 0 Å². The fourth-order valence-corrected chi connectivity index (χ4v) is 6.55. The van der Waals surface area contributed by atoms with E-state index < -0.39 is 26.9 Å². The van der Waals surface area contributed by atoms with Gasteiger partial charge in [0, 0.05) is 39.3 Å². The van der Waals surface area contributed by atoms with Gasteiger partial charge in [-0.1, -0.05) is 5.92 Å². The number of nitrogens with zero attached hydrogens (tertiary/aromatic N) is 2. The Hall–Kier alpha value is -2.73. The minimum Gasteiger partial charge on any atom is -0.481 e. The standard InChI is InChI=1S/C23H31N3O7S.C4H9NO/c1-2-3-14-33-19-4-6-20(7-5-19)34(30,31)18-23(22(28)24-29)8-10-26(11-9-23)21(27)17-25-12-15-32-16-13-25;1-3-6-4-2-5-1/h4-7,29H,8-18H2,1H3,(H,24,28);5H,1-4H2. The number of hydrogen-bond acceptors (Lipinski definition) is 10. The van der Waals surface area contributed by atoms with Gasteiger partial charge in [0.2, 0.25) is 5.91 Å². The molecule has 0 bridgehead atoms. The van der Waals surface area contributed by atoms with Crippen molar-refractivity contribution in [3.05, 3.63) is 24.3 Å². The smallest absolute Gasteiger partial charge is 0.250 e. The summed E-state index contributed by atoms with van der Waals surface area (Å²) in [5.74, 6) is 4.66. The molecule has 3 saturated heterocycles. The lowest BCUT2D eigenvalue weighted by Crippen LogP contribution is -2.54. The lowest BCUT2D eigenvalue weighted by atomic mass is 9.79. The molecule has 0 atom stereocenters. The van der Waals surface area contributed by atoms with Crippen LogP contribution in [0.1, 0.15) is 19.8 Å². The molecule has 2 amide bonds. The molecule has 4 rings (SSSR count). The molecule has 0 spiro atoms. The van der Waals surface area contributed by atoms with Crippen LogP contribution in [0.4, 0.5) is 0 Å². The van der Waals surface area contributed by atoms with Crippen LogP contribution >= 0.6 is 0 Å². The van der Waals surface area contributed by atoms with Gasteiger partial charge in [-0.3, -0.25) is 19.7 Å². The predicted molar refractivity (Wildman–Crippen MR) is 147 cm³/mol. The molecule has 3 aliphatic rings. The first kappa shape index (κ1) is 31.8. The Morgan fingerprint density at radius 3 is 2.20 bits per heavy atom. The molecule has 1 aromatic rings. The highest BCUT2D eigenvalue weighted by molar-refractivity contribution is 7.91. The highest BCUT2D eigenvalue weighted by Gasteiger charge is 2.46. The van der Waals surface area contributed by atoms with E-state index in [1.54, 1.807) is 17.3 Å². The second-order valence-electron chi connectivity index (χ2n) is 9.80. The summed E-state index contributed by atoms with van der Waals surface area (Å²) in [5.41, 5.74) is 0.297. The number of carbonyl (C=O) groups excluding carboxylic acids is 2. The summed E-state index contributed by atoms with van der Waals surface area (Å²) in [7, 11) is -3.86. The fourth-order valence-electron chi connectivity index (χ4n) is 4.69. The number of nitrogens with one attached hydrogen (secondary N) is 2. The Labute approximate surface area is 236 Å². The SMILES string of the molecule is C1COCCN1.CC#CCOc1ccc(S(=O)(=O)CC2(C(=O)NO)CCN(C(=O)CN3CCOCC3)CC2)cc1. The number of amides is 2. The topological polar surface area (TPSA) is 147 Å². The van der Waals surface area contributed by atoms with Crippen molar-refractivity contribution in [3.63, 3.8) is 0 Å². The summed E-state index contributed by atoms with van der Waals surface area (Å²) in [6, 6.07) is 5.93. The first-order valence-corrected chi connectivity index (χ1v) is 15.1. The van der Waals surface area contributed by atoms with Crippen molar-refractivity contribution >= 4 is 21.7 Å². The van der Waals surface area contributed by atoms with Gasteiger partial charge in [0.1, 0.15) is 12.4 Å². The van der Waals surface area contributed by atoms with Crippen molar-refractivity contribution in [2.45, 2.75) is 24.7 Å². The zero-order chi connectivity index (χ0) is 28.8. The van der Waals surface area contributed by atoms with Crippen LogP contribution in [0.15, 0.2) is 29.2 Å². The molecule has 0 aliphatic carbocycles. The molecule has 13 heteroatoms. The number of hydrogen-bond donors (Lipinski definition) is 3. The number of benzene rings is 1. The van der Waals surface area contributed by atoms with Gasteiger partial charge in [-0.2, -0.15) is 0 Å². The summed E-state index contributed by atoms with van der Waals surface area (Å²) in [6.07, 6.45) is 0.259. The zero-order valence-corrected chi connectivity index (χ0v) is 23.8. The van der Waals surface area contributed by atoms with Gasteiger partial charge in [0.15, 0.2) is 9.84 Å². The molecule has 222 valence electrons. The molecular formula is C27H40N4O8S. The van der Waals surface area contributed by atoms with Crippen molar-refractivity contribution in [1.82, 2.24) is 20.6 Å². The van der Waals surface area contributed by atoms with E-state index in [1.807, 2.05) is 4.90 Å². The molecule has 3 N–H and O–H groups in total. The quantitative estimate of drug-likeness (QED) is 0.217. The van der Waals surface area contributed by atoms with Crippen LogP contribution in [0.5, 0.6) is 5.75 Å². The largest absolute Gasteiger partial charge is 0.481 e. The summed E-state index contributed by atoms with van der Waals surface area (Å²) >= 11 is 0. The molecule has 0 unspecified atom stereocenters. The maximum Gasteiger partial charge on any atom is 0.250 e. The second kappa shape index (κ2) is 15.9. The van der Waals surface area contributed by atoms with Crippen LogP contribution in [0.25, 0.3) is 0 Å². The number of carbonyl (C=O) groups is 2. The number of likely N-dealkylation sites (tertiary alicyclic amines) is 1. The van der Waals surface area contributed by atoms with Gasteiger partial charge in [-0.25, -0.2) is 13.9 Å². The number of hydroxylamine groups is 1. The van der Waals surface area contributed by atoms with Gasteiger partial charge in [-0.05, 0) is 44.0 Å². The van der Waals surface area contributed by atoms with Crippen molar-refractivity contribution < 1.29 is 37.4 Å². The predicted octanol–water partition coefficient (Wildman–Crippen LogP) is -0.0850. The molecule has 12 nitrogen and oxygen atoms in total. The van der Waals surface area contributed by atoms with E-state index in [0.29, 0.717) is 32.1 Å². The third-order valence-electron chi connectivity index (χ3n) is 7.10. The summed E-state index contributed by atoms with van der Waals surface area (Å²) in [4.78, 5) is 29.0. The molecular weight excluding hydrogens is 540 g/mol. The first-order chi connectivity index (χ1) is 19.3. The van der Waals surface area contributed by atoms with Crippen LogP contribution in [0.3, 0.4) is 0 Å². The third-order valence-corrected chi connectivity index (χ3v) is 9.03. The van der Waals surface area contributed by atoms with Crippen molar-refractivity contribution in [2.24, 2.45) is 5.41 Å². The average molecular weight is 581 g/mol. The minimum absolute atomic E-state index is 0.0531. The Morgan fingerprint density at radius 1 is 1.05 bits per heavy atom. The van der Waals surface area contributed by atoms with Crippen LogP contribution in [0, 0.1) is 17.3 Å². The van der Waals surface area contributed by atoms with Gasteiger partial charge in [0.05, 0.1) is 49.0 Å². The van der Waals surface area contributed by atoms with Gasteiger partial charge in [0.25, 0.3) is 5.91 Å². The lowest BCUT2D eigenvalue weighted by molar-refractivity contribution is -0.145. The Morgan fingerprint density at radius 2 is 1.68 bits per heavy atom. The zero-order valence-electron chi connectivity index (χ0n) is 23.0. The number of rotatable bonds is 8. The van der Waals surface area contributed by atoms with E-state index in [1.165, 1.54) is 24.3 Å². The second-order valence-corrected chi connectivity index (χ2v) is 11.8. The summed E-state index contributed by atoms with van der Waals surface area (Å²) in [5, 5.41) is 12.5. The monoisotopic (exact) mass is 580 g/mol. The van der Waals surface area contributed by atoms with E-state index in [2.05, 4.69) is 17.2 Å². The van der Waals surface area contributed by atoms with E-state index in [0.717, 1.165) is 26.3 Å². The molecule has 0 aromatic heterocycles. The molecule has 3 heterocycles. The Bertz CT molecular complexity index is 1100. The lowest BCUT2D eigenvalue weighted by Gasteiger charge is -2.40. The number of ether oxygens (including phenoxy) is 3. The molecule has 0 radical (unpaired) electrons. The minimum atomic E-state index is -3.86. The molecule has 3 aliphatic heterocycles. The Balaban J connectivity index is 0.000000649. The average Bonchev–Trinajstić information content (AvgIpc) is 2.99. The summed E-state index contributed by atoms with van der Waals surface area (Å²) in [6.45, 7) is 9.00. The van der Waals surface area contributed by atoms with E-state index in [-0.39, 0.29) is 49.9 Å². The highest BCUT2D eigenvalue weighted by Crippen LogP contribution is 2.35. The molecule has 0 saturated carbocycles. The third kappa shape index (κ3) is 9.43. The summed E-state index contributed by atoms with van der Waals surface area (Å²) < 4.78 is 42.0. The normalized spacial score (nSPS) is 19.3. The first-order valence-electron chi connectivity index (χ1n) is 13.5. The van der Waals surface area contributed by atoms with E-state index in [4.69, 9.17) is 14.2 Å². The number of piperidine rings is 1. The number of sulfone groups is 1. The van der Waals surface area contributed by atoms with Gasteiger partial charge < -0.3 is 24.4 Å². The van der Waals surface area contributed by atoms with Crippen LogP contribution < -0.4 is 15.5 Å². The maximum absolute atomic E-state index is 13.2. The van der Waals surface area contributed by atoms with E-state index in [9.17, 15) is 23.2 Å². The van der Waals surface area contributed by atoms with Gasteiger partial charge >= 0.3 is 0 Å². The fraction of sp³-hybridized carbons (Fsp3) is 0.630. The number of morpholine rings is 2. The van der Waals surface area contributed by atoms with Crippen LogP contribution in [-0.4, -0.2) is 120 Å². The van der Waals surface area contributed by atoms with Gasteiger partial charge in [-0.15, -0.1) is 5.92 Å². The van der Waals surface area contributed by atoms with E-state index >= 15 is 0 Å². The Kier molecular flexibility index (Phi) is 12.6. The van der Waals surface area contributed by atoms with Crippen LogP contribution in [-0.2, 0) is 28.9 Å². The molecule has 1 aromatic carbocycles. The van der Waals surface area contributed by atoms with Crippen molar-refractivity contribution in [3.8, 4) is 17.6 Å². The molecule has 40 heavy (non-hydrogen) atoms. The maximum atomic E-state index is 13.2. The van der Waals surface area contributed by atoms with Crippen LogP contribution in [0.2, 0.25) is 0 Å². The van der Waals surface area contributed by atoms with Crippen molar-refractivity contribution in [2.75, 3.05) is 84.6 Å². The molecule has 3 fully saturated rings.